The van der Waals surface area contributed by atoms with Crippen LogP contribution in [0.3, 0.4) is 0 Å². The molecule has 0 atom stereocenters. The largest absolute Gasteiger partial charge is 0.441 e. The number of aromatic nitrogens is 4. The molecular weight excluding hydrogens is 338 g/mol. The molecule has 1 aliphatic rings. The number of aryl methyl sites for hydroxylation is 1. The highest BCUT2D eigenvalue weighted by atomic mass is 16.4. The quantitative estimate of drug-likeness (QED) is 0.548. The first-order valence-corrected chi connectivity index (χ1v) is 9.01. The van der Waals surface area contributed by atoms with Gasteiger partial charge in [0.2, 0.25) is 0 Å². The van der Waals surface area contributed by atoms with Crippen molar-refractivity contribution in [3.63, 3.8) is 0 Å². The van der Waals surface area contributed by atoms with Crippen LogP contribution in [0.15, 0.2) is 47.3 Å². The smallest absolute Gasteiger partial charge is 0.195 e. The molecule has 1 fully saturated rings. The van der Waals surface area contributed by atoms with E-state index in [1.54, 1.807) is 12.3 Å². The first kappa shape index (κ1) is 15.8. The van der Waals surface area contributed by atoms with Crippen LogP contribution in [0.25, 0.3) is 28.2 Å². The fourth-order valence-corrected chi connectivity index (χ4v) is 3.29. The molecule has 0 aromatic carbocycles. The van der Waals surface area contributed by atoms with E-state index in [0.717, 1.165) is 34.8 Å². The minimum atomic E-state index is 0.367. The molecule has 0 spiro atoms. The van der Waals surface area contributed by atoms with Crippen LogP contribution in [0.4, 0.5) is 0 Å². The Hall–Kier alpha value is -3.46. The summed E-state index contributed by atoms with van der Waals surface area (Å²) in [5, 5.41) is 9.29. The van der Waals surface area contributed by atoms with Gasteiger partial charge in [-0.2, -0.15) is 5.26 Å². The summed E-state index contributed by atoms with van der Waals surface area (Å²) in [5.74, 6) is 2.15. The van der Waals surface area contributed by atoms with Crippen LogP contribution < -0.4 is 0 Å². The van der Waals surface area contributed by atoms with Crippen LogP contribution in [-0.2, 0) is 6.42 Å². The zero-order valence-electron chi connectivity index (χ0n) is 14.9. The fourth-order valence-electron chi connectivity index (χ4n) is 3.29. The van der Waals surface area contributed by atoms with Gasteiger partial charge in [-0.1, -0.05) is 0 Å². The third-order valence-corrected chi connectivity index (χ3v) is 4.84. The Bertz CT molecular complexity index is 1190. The zero-order valence-corrected chi connectivity index (χ0v) is 14.9. The summed E-state index contributed by atoms with van der Waals surface area (Å²) in [6.45, 7) is 1.96. The Morgan fingerprint density at radius 2 is 2.15 bits per heavy atom. The Morgan fingerprint density at radius 3 is 2.96 bits per heavy atom. The highest BCUT2D eigenvalue weighted by molar-refractivity contribution is 5.79. The number of nitrogens with zero attached hydrogens (tertiary/aromatic N) is 5. The van der Waals surface area contributed by atoms with Gasteiger partial charge in [0, 0.05) is 29.9 Å². The molecule has 1 saturated carbocycles. The Labute approximate surface area is 156 Å². The van der Waals surface area contributed by atoms with Gasteiger partial charge in [0.05, 0.1) is 17.6 Å². The monoisotopic (exact) mass is 355 g/mol. The molecule has 0 radical (unpaired) electrons. The molecule has 0 bridgehead atoms. The second kappa shape index (κ2) is 6.06. The van der Waals surface area contributed by atoms with Gasteiger partial charge >= 0.3 is 0 Å². The first-order chi connectivity index (χ1) is 13.2. The molecule has 4 heterocycles. The third-order valence-electron chi connectivity index (χ3n) is 4.84. The van der Waals surface area contributed by atoms with Gasteiger partial charge in [-0.3, -0.25) is 0 Å². The molecule has 27 heavy (non-hydrogen) atoms. The summed E-state index contributed by atoms with van der Waals surface area (Å²) < 4.78 is 7.96. The molecule has 0 aliphatic heterocycles. The van der Waals surface area contributed by atoms with Gasteiger partial charge in [0.25, 0.3) is 0 Å². The van der Waals surface area contributed by atoms with Crippen molar-refractivity contribution in [3.05, 3.63) is 60.1 Å². The van der Waals surface area contributed by atoms with Gasteiger partial charge in [-0.15, -0.1) is 0 Å². The lowest BCUT2D eigenvalue weighted by Gasteiger charge is -2.07. The number of pyridine rings is 2. The van der Waals surface area contributed by atoms with Crippen molar-refractivity contribution in [1.29, 1.82) is 5.26 Å². The maximum absolute atomic E-state index is 9.29. The van der Waals surface area contributed by atoms with Crippen LogP contribution in [0.1, 0.15) is 30.1 Å². The standard InChI is InChI=1S/C21H17N5O/c1-13-12-26-7-6-15(9-19(26)24-13)21-17(5-4-16(10-22)25-21)18-11-23-20(27-18)8-14-2-3-14/h4-7,9,11-12,14H,2-3,8H2,1H3. The maximum atomic E-state index is 9.29. The molecule has 0 N–H and O–H groups in total. The lowest BCUT2D eigenvalue weighted by atomic mass is 10.0. The minimum Gasteiger partial charge on any atom is -0.441 e. The summed E-state index contributed by atoms with van der Waals surface area (Å²) in [5.41, 5.74) is 4.58. The fraction of sp³-hybridized carbons (Fsp3) is 0.238. The molecule has 0 amide bonds. The van der Waals surface area contributed by atoms with Crippen LogP contribution in [0.2, 0.25) is 0 Å². The van der Waals surface area contributed by atoms with Crippen LogP contribution in [0.5, 0.6) is 0 Å². The summed E-state index contributed by atoms with van der Waals surface area (Å²) in [6, 6.07) is 9.65. The molecule has 0 saturated heterocycles. The molecule has 6 heteroatoms. The first-order valence-electron chi connectivity index (χ1n) is 9.01. The Morgan fingerprint density at radius 1 is 1.26 bits per heavy atom. The molecule has 1 aliphatic carbocycles. The molecule has 132 valence electrons. The van der Waals surface area contributed by atoms with E-state index in [9.17, 15) is 5.26 Å². The van der Waals surface area contributed by atoms with Crippen molar-refractivity contribution >= 4 is 5.65 Å². The molecule has 4 aromatic heterocycles. The van der Waals surface area contributed by atoms with Crippen LogP contribution >= 0.6 is 0 Å². The number of oxazole rings is 1. The van der Waals surface area contributed by atoms with Crippen molar-refractivity contribution in [2.24, 2.45) is 5.92 Å². The number of fused-ring (bicyclic) bond motifs is 1. The van der Waals surface area contributed by atoms with Gasteiger partial charge < -0.3 is 8.82 Å². The highest BCUT2D eigenvalue weighted by Gasteiger charge is 2.24. The van der Waals surface area contributed by atoms with Gasteiger partial charge in [0.1, 0.15) is 17.4 Å². The van der Waals surface area contributed by atoms with Crippen molar-refractivity contribution < 1.29 is 4.42 Å². The van der Waals surface area contributed by atoms with Crippen molar-refractivity contribution in [2.75, 3.05) is 0 Å². The van der Waals surface area contributed by atoms with E-state index in [-0.39, 0.29) is 0 Å². The van der Waals surface area contributed by atoms with E-state index in [0.29, 0.717) is 23.1 Å². The van der Waals surface area contributed by atoms with Crippen molar-refractivity contribution in [2.45, 2.75) is 26.2 Å². The number of rotatable bonds is 4. The van der Waals surface area contributed by atoms with E-state index in [1.165, 1.54) is 12.8 Å². The molecular formula is C21H17N5O. The van der Waals surface area contributed by atoms with Crippen LogP contribution in [-0.4, -0.2) is 19.4 Å². The summed E-state index contributed by atoms with van der Waals surface area (Å²) in [7, 11) is 0. The third kappa shape index (κ3) is 2.97. The van der Waals surface area contributed by atoms with E-state index >= 15 is 0 Å². The normalized spacial score (nSPS) is 13.8. The summed E-state index contributed by atoms with van der Waals surface area (Å²) >= 11 is 0. The zero-order chi connectivity index (χ0) is 18.4. The maximum Gasteiger partial charge on any atom is 0.195 e. The summed E-state index contributed by atoms with van der Waals surface area (Å²) in [6.07, 6.45) is 9.07. The van der Waals surface area contributed by atoms with E-state index in [2.05, 4.69) is 21.0 Å². The molecule has 4 aromatic rings. The molecule has 6 nitrogen and oxygen atoms in total. The Balaban J connectivity index is 1.62. The molecule has 0 unspecified atom stereocenters. The van der Waals surface area contributed by atoms with Crippen molar-refractivity contribution in [1.82, 2.24) is 19.4 Å². The predicted molar refractivity (Wildman–Crippen MR) is 99.8 cm³/mol. The van der Waals surface area contributed by atoms with Gasteiger partial charge in [-0.05, 0) is 49.9 Å². The number of imidazole rings is 1. The van der Waals surface area contributed by atoms with E-state index in [1.807, 2.05) is 41.9 Å². The number of nitriles is 1. The number of hydrogen-bond acceptors (Lipinski definition) is 5. The second-order valence-electron chi connectivity index (χ2n) is 7.03. The lowest BCUT2D eigenvalue weighted by Crippen LogP contribution is -1.93. The topological polar surface area (TPSA) is 80.0 Å². The second-order valence-corrected chi connectivity index (χ2v) is 7.03. The van der Waals surface area contributed by atoms with E-state index < -0.39 is 0 Å². The SMILES string of the molecule is Cc1cn2ccc(-c3nc(C#N)ccc3-c3cnc(CC4CC4)o3)cc2n1. The van der Waals surface area contributed by atoms with Crippen molar-refractivity contribution in [3.8, 4) is 28.7 Å². The van der Waals surface area contributed by atoms with Crippen LogP contribution in [0, 0.1) is 24.2 Å². The predicted octanol–water partition coefficient (Wildman–Crippen LogP) is 4.18. The summed E-state index contributed by atoms with van der Waals surface area (Å²) in [4.78, 5) is 13.5. The number of hydrogen-bond donors (Lipinski definition) is 0. The lowest BCUT2D eigenvalue weighted by molar-refractivity contribution is 0.493. The Kier molecular flexibility index (Phi) is 3.54. The van der Waals surface area contributed by atoms with E-state index in [4.69, 9.17) is 4.42 Å². The molecule has 5 rings (SSSR count). The van der Waals surface area contributed by atoms with Gasteiger partial charge in [-0.25, -0.2) is 15.0 Å². The highest BCUT2D eigenvalue weighted by Crippen LogP contribution is 2.35. The average molecular weight is 355 g/mol. The minimum absolute atomic E-state index is 0.367. The van der Waals surface area contributed by atoms with Gasteiger partial charge in [0.15, 0.2) is 11.7 Å². The average Bonchev–Trinajstić information content (AvgIpc) is 3.23.